The van der Waals surface area contributed by atoms with Gasteiger partial charge in [-0.1, -0.05) is 19.9 Å². The van der Waals surface area contributed by atoms with E-state index in [-0.39, 0.29) is 0 Å². The van der Waals surface area contributed by atoms with Gasteiger partial charge in [0.2, 0.25) is 0 Å². The van der Waals surface area contributed by atoms with Gasteiger partial charge in [0.15, 0.2) is 0 Å². The number of nitrogens with zero attached hydrogens (tertiary/aromatic N) is 1. The van der Waals surface area contributed by atoms with Gasteiger partial charge in [-0.05, 0) is 37.4 Å². The zero-order valence-corrected chi connectivity index (χ0v) is 11.6. The van der Waals surface area contributed by atoms with Gasteiger partial charge < -0.3 is 10.1 Å². The summed E-state index contributed by atoms with van der Waals surface area (Å²) in [5, 5.41) is 3.57. The Hall–Kier alpha value is -0.930. The summed E-state index contributed by atoms with van der Waals surface area (Å²) in [7, 11) is 0. The van der Waals surface area contributed by atoms with Crippen molar-refractivity contribution in [2.75, 3.05) is 13.2 Å². The highest BCUT2D eigenvalue weighted by atomic mass is 16.5. The molecule has 1 fully saturated rings. The molecule has 3 nitrogen and oxygen atoms in total. The molecule has 1 aromatic heterocycles. The van der Waals surface area contributed by atoms with Gasteiger partial charge in [0.05, 0.1) is 6.10 Å². The Morgan fingerprint density at radius 1 is 1.56 bits per heavy atom. The van der Waals surface area contributed by atoms with Crippen LogP contribution in [-0.2, 0) is 11.2 Å². The fourth-order valence-corrected chi connectivity index (χ4v) is 2.74. The lowest BCUT2D eigenvalue weighted by molar-refractivity contribution is 0.0612. The standard InChI is InChI=1S/C15H24N2O/c1-4-16-14(15-12(3)7-9-18-15)10-13-11(2)6-5-8-17-13/h5-6,8,12,14-16H,4,7,9-10H2,1-3H3. The Balaban J connectivity index is 2.08. The predicted octanol–water partition coefficient (Wildman–Crippen LogP) is 2.34. The quantitative estimate of drug-likeness (QED) is 0.868. The first-order chi connectivity index (χ1) is 8.72. The normalized spacial score (nSPS) is 25.3. The van der Waals surface area contributed by atoms with E-state index in [0.717, 1.165) is 19.6 Å². The zero-order valence-electron chi connectivity index (χ0n) is 11.6. The molecule has 0 radical (unpaired) electrons. The average molecular weight is 248 g/mol. The van der Waals surface area contributed by atoms with E-state index in [1.165, 1.54) is 17.7 Å². The Morgan fingerprint density at radius 2 is 2.39 bits per heavy atom. The molecule has 2 heterocycles. The van der Waals surface area contributed by atoms with Gasteiger partial charge in [0.1, 0.15) is 0 Å². The molecular weight excluding hydrogens is 224 g/mol. The van der Waals surface area contributed by atoms with Crippen LogP contribution in [0.15, 0.2) is 18.3 Å². The molecule has 100 valence electrons. The van der Waals surface area contributed by atoms with E-state index in [9.17, 15) is 0 Å². The molecule has 0 aromatic carbocycles. The highest BCUT2D eigenvalue weighted by Gasteiger charge is 2.32. The minimum atomic E-state index is 0.325. The molecule has 1 N–H and O–H groups in total. The average Bonchev–Trinajstić information content (AvgIpc) is 2.78. The molecule has 0 bridgehead atoms. The minimum Gasteiger partial charge on any atom is -0.376 e. The molecule has 0 aliphatic carbocycles. The summed E-state index contributed by atoms with van der Waals surface area (Å²) in [4.78, 5) is 4.50. The number of likely N-dealkylation sites (N-methyl/N-ethyl adjacent to an activating group) is 1. The molecule has 1 saturated heterocycles. The van der Waals surface area contributed by atoms with Gasteiger partial charge in [0.25, 0.3) is 0 Å². The molecular formula is C15H24N2O. The van der Waals surface area contributed by atoms with Crippen molar-refractivity contribution in [1.29, 1.82) is 0 Å². The molecule has 1 aliphatic rings. The second-order valence-corrected chi connectivity index (χ2v) is 5.24. The van der Waals surface area contributed by atoms with Crippen LogP contribution >= 0.6 is 0 Å². The first-order valence-electron chi connectivity index (χ1n) is 6.97. The maximum Gasteiger partial charge on any atom is 0.0758 e. The fourth-order valence-electron chi connectivity index (χ4n) is 2.74. The van der Waals surface area contributed by atoms with Gasteiger partial charge >= 0.3 is 0 Å². The number of ether oxygens (including phenoxy) is 1. The van der Waals surface area contributed by atoms with Gasteiger partial charge in [0, 0.05) is 31.0 Å². The summed E-state index contributed by atoms with van der Waals surface area (Å²) in [6.07, 6.45) is 4.33. The highest BCUT2D eigenvalue weighted by Crippen LogP contribution is 2.24. The van der Waals surface area contributed by atoms with Crippen LogP contribution in [0.4, 0.5) is 0 Å². The third-order valence-corrected chi connectivity index (χ3v) is 3.84. The van der Waals surface area contributed by atoms with Gasteiger partial charge in [-0.2, -0.15) is 0 Å². The van der Waals surface area contributed by atoms with Gasteiger partial charge in [-0.25, -0.2) is 0 Å². The number of nitrogens with one attached hydrogen (secondary N) is 1. The summed E-state index contributed by atoms with van der Waals surface area (Å²) in [5.41, 5.74) is 2.46. The molecule has 3 atom stereocenters. The first kappa shape index (κ1) is 13.5. The van der Waals surface area contributed by atoms with Crippen LogP contribution in [0, 0.1) is 12.8 Å². The van der Waals surface area contributed by atoms with Crippen molar-refractivity contribution in [3.05, 3.63) is 29.6 Å². The summed E-state index contributed by atoms with van der Waals surface area (Å²) in [6, 6.07) is 4.50. The maximum absolute atomic E-state index is 5.90. The van der Waals surface area contributed by atoms with Crippen molar-refractivity contribution in [3.63, 3.8) is 0 Å². The Morgan fingerprint density at radius 3 is 3.00 bits per heavy atom. The lowest BCUT2D eigenvalue weighted by Gasteiger charge is -2.27. The summed E-state index contributed by atoms with van der Waals surface area (Å²) < 4.78 is 5.90. The van der Waals surface area contributed by atoms with E-state index < -0.39 is 0 Å². The van der Waals surface area contributed by atoms with Crippen LogP contribution in [0.5, 0.6) is 0 Å². The Bertz CT molecular complexity index is 381. The number of aromatic nitrogens is 1. The summed E-state index contributed by atoms with van der Waals surface area (Å²) in [6.45, 7) is 8.44. The van der Waals surface area contributed by atoms with Crippen molar-refractivity contribution in [1.82, 2.24) is 10.3 Å². The third kappa shape index (κ3) is 3.09. The molecule has 3 heteroatoms. The second-order valence-electron chi connectivity index (χ2n) is 5.24. The van der Waals surface area contributed by atoms with Crippen LogP contribution in [0.2, 0.25) is 0 Å². The maximum atomic E-state index is 5.90. The van der Waals surface area contributed by atoms with Crippen molar-refractivity contribution >= 4 is 0 Å². The monoisotopic (exact) mass is 248 g/mol. The van der Waals surface area contributed by atoms with Crippen LogP contribution in [0.1, 0.15) is 31.5 Å². The van der Waals surface area contributed by atoms with Crippen LogP contribution in [-0.4, -0.2) is 30.3 Å². The number of hydrogen-bond acceptors (Lipinski definition) is 3. The van der Waals surface area contributed by atoms with Crippen LogP contribution < -0.4 is 5.32 Å². The summed E-state index contributed by atoms with van der Waals surface area (Å²) in [5.74, 6) is 0.637. The lowest BCUT2D eigenvalue weighted by Crippen LogP contribution is -2.44. The van der Waals surface area contributed by atoms with Crippen LogP contribution in [0.25, 0.3) is 0 Å². The molecule has 1 aliphatic heterocycles. The van der Waals surface area contributed by atoms with Crippen molar-refractivity contribution in [2.24, 2.45) is 5.92 Å². The minimum absolute atomic E-state index is 0.325. The van der Waals surface area contributed by atoms with E-state index in [1.54, 1.807) is 0 Å². The van der Waals surface area contributed by atoms with Crippen molar-refractivity contribution < 1.29 is 4.74 Å². The van der Waals surface area contributed by atoms with E-state index >= 15 is 0 Å². The lowest BCUT2D eigenvalue weighted by atomic mass is 9.93. The topological polar surface area (TPSA) is 34.2 Å². The fraction of sp³-hybridized carbons (Fsp3) is 0.667. The van der Waals surface area contributed by atoms with Gasteiger partial charge in [-0.3, -0.25) is 4.98 Å². The van der Waals surface area contributed by atoms with E-state index in [1.807, 2.05) is 12.3 Å². The number of pyridine rings is 1. The molecule has 2 rings (SSSR count). The van der Waals surface area contributed by atoms with E-state index in [4.69, 9.17) is 4.74 Å². The zero-order chi connectivity index (χ0) is 13.0. The third-order valence-electron chi connectivity index (χ3n) is 3.84. The van der Waals surface area contributed by atoms with Crippen molar-refractivity contribution in [3.8, 4) is 0 Å². The molecule has 3 unspecified atom stereocenters. The molecule has 1 aromatic rings. The Kier molecular flexibility index (Phi) is 4.72. The smallest absolute Gasteiger partial charge is 0.0758 e. The number of hydrogen-bond donors (Lipinski definition) is 1. The molecule has 18 heavy (non-hydrogen) atoms. The first-order valence-corrected chi connectivity index (χ1v) is 6.97. The van der Waals surface area contributed by atoms with Crippen LogP contribution in [0.3, 0.4) is 0 Å². The van der Waals surface area contributed by atoms with E-state index in [2.05, 4.69) is 37.1 Å². The van der Waals surface area contributed by atoms with Gasteiger partial charge in [-0.15, -0.1) is 0 Å². The Labute approximate surface area is 110 Å². The predicted molar refractivity (Wildman–Crippen MR) is 73.7 cm³/mol. The molecule has 0 saturated carbocycles. The largest absolute Gasteiger partial charge is 0.376 e. The number of rotatable bonds is 5. The highest BCUT2D eigenvalue weighted by molar-refractivity contribution is 5.19. The van der Waals surface area contributed by atoms with E-state index in [0.29, 0.717) is 18.1 Å². The second kappa shape index (κ2) is 6.30. The molecule has 0 spiro atoms. The SMILES string of the molecule is CCNC(Cc1ncccc1C)C1OCCC1C. The summed E-state index contributed by atoms with van der Waals surface area (Å²) >= 11 is 0. The molecule has 0 amide bonds. The number of aryl methyl sites for hydroxylation is 1. The van der Waals surface area contributed by atoms with Crippen molar-refractivity contribution in [2.45, 2.75) is 45.8 Å².